The van der Waals surface area contributed by atoms with Crippen LogP contribution >= 0.6 is 0 Å². The first kappa shape index (κ1) is 27.7. The normalized spacial score (nSPS) is 11.9. The Balaban J connectivity index is 3.22. The Hall–Kier alpha value is -2.30. The summed E-state index contributed by atoms with van der Waals surface area (Å²) in [6.45, 7) is 10.3. The molecule has 0 fully saturated rings. The van der Waals surface area contributed by atoms with Crippen molar-refractivity contribution in [1.29, 1.82) is 0 Å². The van der Waals surface area contributed by atoms with Crippen LogP contribution in [0.1, 0.15) is 57.5 Å². The summed E-state index contributed by atoms with van der Waals surface area (Å²) in [6.07, 6.45) is -1.59. The number of ether oxygens (including phenoxy) is 2. The zero-order chi connectivity index (χ0) is 24.9. The minimum atomic E-state index is -2.57. The Labute approximate surface area is 193 Å². The van der Waals surface area contributed by atoms with Gasteiger partial charge in [-0.3, -0.25) is 0 Å². The van der Waals surface area contributed by atoms with Crippen molar-refractivity contribution >= 4 is 46.1 Å². The van der Waals surface area contributed by atoms with E-state index in [1.54, 1.807) is 47.6 Å². The number of nitrogens with zero attached hydrogens (tertiary/aromatic N) is 1. The number of guanidine groups is 1. The van der Waals surface area contributed by atoms with Gasteiger partial charge in [0.15, 0.2) is 0 Å². The molecule has 2 amide bonds. The number of amides is 2. The van der Waals surface area contributed by atoms with Gasteiger partial charge in [-0.25, -0.2) is 0 Å². The molecule has 0 heterocycles. The molecule has 0 aliphatic heterocycles. The van der Waals surface area contributed by atoms with Crippen LogP contribution in [0.3, 0.4) is 0 Å². The van der Waals surface area contributed by atoms with Gasteiger partial charge in [-0.15, -0.1) is 0 Å². The number of aromatic carboxylic acids is 1. The van der Waals surface area contributed by atoms with E-state index in [1.165, 1.54) is 6.07 Å². The summed E-state index contributed by atoms with van der Waals surface area (Å²) in [4.78, 5) is 46.8. The number of benzene rings is 1. The van der Waals surface area contributed by atoms with Crippen LogP contribution in [0.25, 0.3) is 0 Å². The van der Waals surface area contributed by atoms with Crippen LogP contribution in [0.15, 0.2) is 23.2 Å². The molecule has 0 aliphatic rings. The predicted molar refractivity (Wildman–Crippen MR) is 126 cm³/mol. The van der Waals surface area contributed by atoms with E-state index in [0.717, 1.165) is 3.58 Å². The molecule has 1 aromatic rings. The summed E-state index contributed by atoms with van der Waals surface area (Å²) in [5.41, 5.74) is -0.654. The van der Waals surface area contributed by atoms with Crippen LogP contribution < -0.4 is 14.2 Å². The molecule has 0 bridgehead atoms. The Morgan fingerprint density at radius 1 is 0.906 bits per heavy atom. The number of carbonyl (C=O) groups is 3. The van der Waals surface area contributed by atoms with E-state index < -0.39 is 47.7 Å². The molecular formula is C22H35N3O6Sn. The van der Waals surface area contributed by atoms with Crippen LogP contribution in [0.4, 0.5) is 9.59 Å². The second kappa shape index (κ2) is 10.5. The number of hydrogen-bond donors (Lipinski definition) is 3. The Bertz CT molecular complexity index is 860. The zero-order valence-electron chi connectivity index (χ0n) is 20.4. The fourth-order valence-corrected chi connectivity index (χ4v) is 5.87. The average Bonchev–Trinajstić information content (AvgIpc) is 2.55. The molecule has 0 aliphatic carbocycles. The van der Waals surface area contributed by atoms with E-state index in [1.807, 2.05) is 6.07 Å². The van der Waals surface area contributed by atoms with Crippen molar-refractivity contribution in [3.63, 3.8) is 0 Å². The molecule has 0 saturated heterocycles. The second-order valence-corrected chi connectivity index (χ2v) is 24.9. The molecule has 0 atom stereocenters. The van der Waals surface area contributed by atoms with Gasteiger partial charge in [0.05, 0.1) is 0 Å². The first-order chi connectivity index (χ1) is 14.4. The number of carboxylic acids is 1. The van der Waals surface area contributed by atoms with Gasteiger partial charge in [0, 0.05) is 0 Å². The molecule has 0 aromatic heterocycles. The van der Waals surface area contributed by atoms with E-state index in [2.05, 4.69) is 30.4 Å². The van der Waals surface area contributed by atoms with Crippen molar-refractivity contribution < 1.29 is 29.0 Å². The molecule has 0 saturated carbocycles. The average molecular weight is 556 g/mol. The summed E-state index contributed by atoms with van der Waals surface area (Å²) in [5.74, 6) is -1.18. The number of alkyl carbamates (subject to hydrolysis) is 2. The molecule has 1 rings (SSSR count). The molecule has 1 aromatic carbocycles. The van der Waals surface area contributed by atoms with Gasteiger partial charge in [0.2, 0.25) is 0 Å². The Kier molecular flexibility index (Phi) is 9.14. The van der Waals surface area contributed by atoms with Crippen LogP contribution in [0, 0.1) is 0 Å². The van der Waals surface area contributed by atoms with Gasteiger partial charge in [-0.1, -0.05) is 0 Å². The summed E-state index contributed by atoms with van der Waals surface area (Å²) >= 11 is -2.57. The van der Waals surface area contributed by atoms with Gasteiger partial charge in [0.25, 0.3) is 0 Å². The molecular weight excluding hydrogens is 521 g/mol. The van der Waals surface area contributed by atoms with Gasteiger partial charge in [0.1, 0.15) is 0 Å². The topological polar surface area (TPSA) is 126 Å². The monoisotopic (exact) mass is 557 g/mol. The summed E-state index contributed by atoms with van der Waals surface area (Å²) in [5, 5.41) is 14.3. The fourth-order valence-electron chi connectivity index (χ4n) is 2.42. The summed E-state index contributed by atoms with van der Waals surface area (Å²) < 4.78 is 11.5. The molecule has 0 radical (unpaired) electrons. The van der Waals surface area contributed by atoms with E-state index in [0.29, 0.717) is 5.56 Å². The maximum atomic E-state index is 12.2. The molecule has 178 valence electrons. The number of aliphatic imine (C=N–C) groups is 1. The fraction of sp³-hybridized carbons (Fsp3) is 0.545. The maximum absolute atomic E-state index is 12.2. The van der Waals surface area contributed by atoms with Crippen LogP contribution in [0.2, 0.25) is 14.8 Å². The van der Waals surface area contributed by atoms with Gasteiger partial charge in [-0.2, -0.15) is 0 Å². The third-order valence-corrected chi connectivity index (χ3v) is 9.53. The van der Waals surface area contributed by atoms with Crippen molar-refractivity contribution in [2.75, 3.05) is 0 Å². The number of rotatable bonds is 4. The third kappa shape index (κ3) is 10.8. The molecule has 32 heavy (non-hydrogen) atoms. The number of hydrogen-bond acceptors (Lipinski definition) is 6. The van der Waals surface area contributed by atoms with E-state index in [9.17, 15) is 19.5 Å². The third-order valence-electron chi connectivity index (χ3n) is 3.76. The predicted octanol–water partition coefficient (Wildman–Crippen LogP) is 3.84. The van der Waals surface area contributed by atoms with Crippen molar-refractivity contribution in [2.45, 2.75) is 74.1 Å². The summed E-state index contributed by atoms with van der Waals surface area (Å²) in [6, 6.07) is 5.18. The van der Waals surface area contributed by atoms with Crippen molar-refractivity contribution in [3.05, 3.63) is 29.3 Å². The minimum absolute atomic E-state index is 0.0387. The van der Waals surface area contributed by atoms with Crippen LogP contribution in [-0.2, 0) is 16.0 Å². The van der Waals surface area contributed by atoms with Crippen molar-refractivity contribution in [1.82, 2.24) is 10.6 Å². The van der Waals surface area contributed by atoms with Crippen molar-refractivity contribution in [3.8, 4) is 0 Å². The Morgan fingerprint density at radius 2 is 1.38 bits per heavy atom. The number of carbonyl (C=O) groups excluding carboxylic acids is 2. The molecule has 3 N–H and O–H groups in total. The second-order valence-electron chi connectivity index (χ2n) is 10.4. The van der Waals surface area contributed by atoms with Crippen LogP contribution in [-0.4, -0.2) is 58.8 Å². The number of nitrogens with one attached hydrogen (secondary N) is 2. The van der Waals surface area contributed by atoms with Gasteiger partial charge >= 0.3 is 194 Å². The van der Waals surface area contributed by atoms with E-state index in [4.69, 9.17) is 9.47 Å². The Morgan fingerprint density at radius 3 is 1.75 bits per heavy atom. The van der Waals surface area contributed by atoms with Crippen LogP contribution in [0.5, 0.6) is 0 Å². The molecule has 10 heteroatoms. The van der Waals surface area contributed by atoms with Gasteiger partial charge in [-0.05, 0) is 0 Å². The first-order valence-corrected chi connectivity index (χ1v) is 20.3. The number of carboxylic acid groups (broad SMARTS) is 1. The van der Waals surface area contributed by atoms with Gasteiger partial charge < -0.3 is 0 Å². The van der Waals surface area contributed by atoms with E-state index in [-0.39, 0.29) is 18.1 Å². The van der Waals surface area contributed by atoms with E-state index >= 15 is 0 Å². The molecule has 9 nitrogen and oxygen atoms in total. The quantitative estimate of drug-likeness (QED) is 0.294. The van der Waals surface area contributed by atoms with Crippen molar-refractivity contribution in [2.24, 2.45) is 4.99 Å². The molecule has 0 spiro atoms. The summed E-state index contributed by atoms with van der Waals surface area (Å²) in [7, 11) is 0. The first-order valence-electron chi connectivity index (χ1n) is 10.3. The zero-order valence-corrected chi connectivity index (χ0v) is 23.2. The molecule has 0 unspecified atom stereocenters. The standard InChI is InChI=1S/C19H26N3O6.3CH3.Sn/c1-18(2,3)27-16(25)21-15(22-17(26)28-19(4,5)6)20-11-12-8-7-9-13(10-12)14(23)24;;;;/h8-10H,11H2,1-6H3,(H,23,24)(H2,20,21,22,25,26);3*1H3;. The SMILES string of the molecule is CC(C)(C)OC(=O)NC(=NCc1cc(C(=O)O)c[c]([Sn]([CH3])([CH3])[CH3])c1)NC(=O)OC(C)(C)C.